The molecule has 34 heavy (non-hydrogen) atoms. The maximum atomic E-state index is 13.4. The summed E-state index contributed by atoms with van der Waals surface area (Å²) in [6.07, 6.45) is 3.71. The molecule has 2 aromatic rings. The summed E-state index contributed by atoms with van der Waals surface area (Å²) in [5.41, 5.74) is 1.93. The lowest BCUT2D eigenvalue weighted by Crippen LogP contribution is -2.37. The van der Waals surface area contributed by atoms with E-state index in [1.807, 2.05) is 30.3 Å². The third-order valence-corrected chi connectivity index (χ3v) is 6.91. The van der Waals surface area contributed by atoms with E-state index in [0.717, 1.165) is 31.2 Å². The highest BCUT2D eigenvalue weighted by atomic mass is 16.5. The number of rotatable bonds is 5. The second kappa shape index (κ2) is 9.16. The Hall–Kier alpha value is -3.28. The third kappa shape index (κ3) is 4.06. The summed E-state index contributed by atoms with van der Waals surface area (Å²) in [6.45, 7) is 6.17. The molecule has 1 aliphatic carbocycles. The summed E-state index contributed by atoms with van der Waals surface area (Å²) in [5.74, 6) is -0.115. The van der Waals surface area contributed by atoms with Crippen molar-refractivity contribution in [3.8, 4) is 11.5 Å². The molecule has 1 amide bonds. The smallest absolute Gasteiger partial charge is 0.295 e. The van der Waals surface area contributed by atoms with E-state index in [4.69, 9.17) is 9.47 Å². The van der Waals surface area contributed by atoms with E-state index in [1.54, 1.807) is 31.3 Å². The molecule has 2 aliphatic rings. The quantitative estimate of drug-likeness (QED) is 0.367. The predicted molar refractivity (Wildman–Crippen MR) is 131 cm³/mol. The first-order chi connectivity index (χ1) is 16.2. The van der Waals surface area contributed by atoms with E-state index in [0.29, 0.717) is 22.6 Å². The molecule has 2 aromatic carbocycles. The van der Waals surface area contributed by atoms with Gasteiger partial charge >= 0.3 is 0 Å². The van der Waals surface area contributed by atoms with Crippen LogP contribution in [0.25, 0.3) is 5.76 Å². The van der Waals surface area contributed by atoms with Gasteiger partial charge in [0.25, 0.3) is 11.7 Å². The minimum absolute atomic E-state index is 0.0438. The first kappa shape index (κ1) is 23.9. The van der Waals surface area contributed by atoms with E-state index in [-0.39, 0.29) is 22.8 Å². The van der Waals surface area contributed by atoms with Gasteiger partial charge in [0.2, 0.25) is 0 Å². The average molecular weight is 464 g/mol. The molecule has 1 N–H and O–H groups in total. The lowest BCUT2D eigenvalue weighted by atomic mass is 9.84. The van der Waals surface area contributed by atoms with E-state index in [1.165, 1.54) is 0 Å². The van der Waals surface area contributed by atoms with E-state index < -0.39 is 17.7 Å². The molecule has 0 radical (unpaired) electrons. The van der Waals surface area contributed by atoms with E-state index in [2.05, 4.69) is 20.8 Å². The zero-order chi connectivity index (χ0) is 24.6. The summed E-state index contributed by atoms with van der Waals surface area (Å²) in [5, 5.41) is 11.5. The van der Waals surface area contributed by atoms with Crippen molar-refractivity contribution in [3.05, 3.63) is 64.7 Å². The Bertz CT molecular complexity index is 1140. The van der Waals surface area contributed by atoms with Crippen LogP contribution in [0.3, 0.4) is 0 Å². The number of para-hydroxylation sites is 1. The summed E-state index contributed by atoms with van der Waals surface area (Å²) in [4.78, 5) is 28.4. The Morgan fingerprint density at radius 1 is 0.971 bits per heavy atom. The standard InChI is InChI=1S/C28H33NO5/c1-28(2,3)20-16-17(14-15-22(20)34-5)25(30)23-24(19-12-8-9-13-21(19)33-4)29(27(32)26(23)31)18-10-6-7-11-18/h8-9,12-16,18,24,30H,6-7,10-11H2,1-5H3/b25-23+. The summed E-state index contributed by atoms with van der Waals surface area (Å²) >= 11 is 0. The first-order valence-corrected chi connectivity index (χ1v) is 11.8. The molecule has 4 rings (SSSR count). The number of ether oxygens (including phenoxy) is 2. The predicted octanol–water partition coefficient (Wildman–Crippen LogP) is 5.37. The Labute approximate surface area is 201 Å². The fourth-order valence-electron chi connectivity index (χ4n) is 5.20. The summed E-state index contributed by atoms with van der Waals surface area (Å²) < 4.78 is 11.1. The number of benzene rings is 2. The zero-order valence-electron chi connectivity index (χ0n) is 20.6. The zero-order valence-corrected chi connectivity index (χ0v) is 20.6. The Morgan fingerprint density at radius 3 is 2.24 bits per heavy atom. The van der Waals surface area contributed by atoms with Gasteiger partial charge < -0.3 is 19.5 Å². The van der Waals surface area contributed by atoms with Crippen molar-refractivity contribution < 1.29 is 24.2 Å². The normalized spacial score (nSPS) is 20.7. The van der Waals surface area contributed by atoms with Crippen molar-refractivity contribution >= 4 is 17.4 Å². The number of ketones is 1. The van der Waals surface area contributed by atoms with Crippen molar-refractivity contribution in [1.29, 1.82) is 0 Å². The minimum atomic E-state index is -0.709. The summed E-state index contributed by atoms with van der Waals surface area (Å²) in [6, 6.07) is 12.0. The highest BCUT2D eigenvalue weighted by molar-refractivity contribution is 6.46. The van der Waals surface area contributed by atoms with Gasteiger partial charge in [-0.05, 0) is 42.5 Å². The van der Waals surface area contributed by atoms with Crippen molar-refractivity contribution in [1.82, 2.24) is 4.90 Å². The summed E-state index contributed by atoms with van der Waals surface area (Å²) in [7, 11) is 3.18. The Morgan fingerprint density at radius 2 is 1.62 bits per heavy atom. The largest absolute Gasteiger partial charge is 0.507 e. The number of carbonyl (C=O) groups excluding carboxylic acids is 2. The van der Waals surface area contributed by atoms with Crippen LogP contribution in [0.15, 0.2) is 48.0 Å². The van der Waals surface area contributed by atoms with Crippen LogP contribution in [-0.4, -0.2) is 42.0 Å². The number of likely N-dealkylation sites (tertiary alicyclic amines) is 1. The molecule has 1 aliphatic heterocycles. The van der Waals surface area contributed by atoms with Gasteiger partial charge in [-0.25, -0.2) is 0 Å². The van der Waals surface area contributed by atoms with Gasteiger partial charge in [-0.3, -0.25) is 9.59 Å². The van der Waals surface area contributed by atoms with Gasteiger partial charge in [-0.1, -0.05) is 51.8 Å². The van der Waals surface area contributed by atoms with Gasteiger partial charge in [0.05, 0.1) is 25.8 Å². The number of hydrogen-bond acceptors (Lipinski definition) is 5. The topological polar surface area (TPSA) is 76.1 Å². The molecule has 6 heteroatoms. The number of hydrogen-bond donors (Lipinski definition) is 1. The number of amides is 1. The minimum Gasteiger partial charge on any atom is -0.507 e. The SMILES string of the molecule is COc1ccccc1C1/C(=C(\O)c2ccc(OC)c(C(C)(C)C)c2)C(=O)C(=O)N1C1CCCC1. The van der Waals surface area contributed by atoms with Crippen LogP contribution in [0.1, 0.15) is 69.2 Å². The van der Waals surface area contributed by atoms with Crippen LogP contribution in [0.2, 0.25) is 0 Å². The molecule has 0 aromatic heterocycles. The van der Waals surface area contributed by atoms with Gasteiger partial charge in [0.1, 0.15) is 17.3 Å². The van der Waals surface area contributed by atoms with Crippen LogP contribution in [0.4, 0.5) is 0 Å². The van der Waals surface area contributed by atoms with Gasteiger partial charge in [-0.15, -0.1) is 0 Å². The number of aliphatic hydroxyl groups excluding tert-OH is 1. The van der Waals surface area contributed by atoms with Crippen LogP contribution in [0, 0.1) is 0 Å². The molecular weight excluding hydrogens is 430 g/mol. The molecule has 1 atom stereocenters. The Kier molecular flexibility index (Phi) is 6.43. The molecule has 0 bridgehead atoms. The van der Waals surface area contributed by atoms with Crippen LogP contribution >= 0.6 is 0 Å². The Balaban J connectivity index is 1.94. The fourth-order valence-corrected chi connectivity index (χ4v) is 5.20. The van der Waals surface area contributed by atoms with Gasteiger partial charge in [-0.2, -0.15) is 0 Å². The lowest BCUT2D eigenvalue weighted by molar-refractivity contribution is -0.141. The number of methoxy groups -OCH3 is 2. The van der Waals surface area contributed by atoms with Gasteiger partial charge in [0, 0.05) is 22.7 Å². The number of aliphatic hydroxyl groups is 1. The molecular formula is C28H33NO5. The van der Waals surface area contributed by atoms with E-state index >= 15 is 0 Å². The maximum absolute atomic E-state index is 13.4. The van der Waals surface area contributed by atoms with Gasteiger partial charge in [0.15, 0.2) is 0 Å². The maximum Gasteiger partial charge on any atom is 0.295 e. The second-order valence-electron chi connectivity index (χ2n) is 10.1. The molecule has 0 spiro atoms. The molecule has 1 heterocycles. The molecule has 6 nitrogen and oxygen atoms in total. The molecule has 1 unspecified atom stereocenters. The van der Waals surface area contributed by atoms with Crippen molar-refractivity contribution in [3.63, 3.8) is 0 Å². The van der Waals surface area contributed by atoms with Crippen molar-refractivity contribution in [2.24, 2.45) is 0 Å². The van der Waals surface area contributed by atoms with Crippen molar-refractivity contribution in [2.45, 2.75) is 64.0 Å². The van der Waals surface area contributed by atoms with Crippen LogP contribution in [0.5, 0.6) is 11.5 Å². The van der Waals surface area contributed by atoms with E-state index in [9.17, 15) is 14.7 Å². The van der Waals surface area contributed by atoms with Crippen LogP contribution < -0.4 is 9.47 Å². The monoisotopic (exact) mass is 463 g/mol. The molecule has 2 fully saturated rings. The average Bonchev–Trinajstić information content (AvgIpc) is 3.44. The first-order valence-electron chi connectivity index (χ1n) is 11.8. The highest BCUT2D eigenvalue weighted by Crippen LogP contribution is 2.46. The molecule has 180 valence electrons. The molecule has 1 saturated heterocycles. The highest BCUT2D eigenvalue weighted by Gasteiger charge is 2.50. The number of Topliss-reactive ketones (excluding diaryl/α,β-unsaturated/α-hetero) is 1. The van der Waals surface area contributed by atoms with Crippen LogP contribution in [-0.2, 0) is 15.0 Å². The molecule has 1 saturated carbocycles. The second-order valence-corrected chi connectivity index (χ2v) is 10.1. The van der Waals surface area contributed by atoms with Crippen molar-refractivity contribution in [2.75, 3.05) is 14.2 Å². The third-order valence-electron chi connectivity index (χ3n) is 6.91. The lowest BCUT2D eigenvalue weighted by Gasteiger charge is -2.31. The number of nitrogens with zero attached hydrogens (tertiary/aromatic N) is 1. The fraction of sp³-hybridized carbons (Fsp3) is 0.429. The number of carbonyl (C=O) groups is 2.